The Labute approximate surface area is 164 Å². The lowest BCUT2D eigenvalue weighted by molar-refractivity contribution is -0.143. The summed E-state index contributed by atoms with van der Waals surface area (Å²) in [6, 6.07) is 17.5. The molecule has 146 valence electrons. The second kappa shape index (κ2) is 8.02. The van der Waals surface area contributed by atoms with Gasteiger partial charge in [0.25, 0.3) is 0 Å². The number of carbonyl (C=O) groups is 1. The highest BCUT2D eigenvalue weighted by atomic mass is 16.5. The first kappa shape index (κ1) is 18.5. The highest BCUT2D eigenvalue weighted by Crippen LogP contribution is 2.19. The molecule has 6 heteroatoms. The Balaban J connectivity index is 1.57. The first-order valence-corrected chi connectivity index (χ1v) is 9.65. The molecular formula is C22H25N3O3. The van der Waals surface area contributed by atoms with E-state index < -0.39 is 0 Å². The molecule has 1 saturated heterocycles. The number of amides is 1. The molecule has 0 aliphatic carbocycles. The number of hydrogen-bond acceptors (Lipinski definition) is 4. The summed E-state index contributed by atoms with van der Waals surface area (Å²) in [4.78, 5) is 19.6. The van der Waals surface area contributed by atoms with E-state index in [1.54, 1.807) is 0 Å². The molecule has 2 aromatic carbocycles. The van der Waals surface area contributed by atoms with Crippen molar-refractivity contribution in [3.8, 4) is 5.75 Å². The normalized spacial score (nSPS) is 19.7. The average molecular weight is 379 g/mol. The fourth-order valence-corrected chi connectivity index (χ4v) is 3.69. The third-order valence-corrected chi connectivity index (χ3v) is 4.91. The monoisotopic (exact) mass is 379 g/mol. The predicted octanol–water partition coefficient (Wildman–Crippen LogP) is 3.25. The molecule has 1 aromatic heterocycles. The van der Waals surface area contributed by atoms with Crippen LogP contribution in [0.25, 0.3) is 11.0 Å². The van der Waals surface area contributed by atoms with Crippen molar-refractivity contribution in [2.24, 2.45) is 0 Å². The van der Waals surface area contributed by atoms with Gasteiger partial charge < -0.3 is 18.9 Å². The van der Waals surface area contributed by atoms with E-state index in [2.05, 4.69) is 0 Å². The number of ether oxygens (including phenoxy) is 2. The lowest BCUT2D eigenvalue weighted by Gasteiger charge is -2.35. The minimum Gasteiger partial charge on any atom is -0.486 e. The fourth-order valence-electron chi connectivity index (χ4n) is 3.69. The summed E-state index contributed by atoms with van der Waals surface area (Å²) in [6.07, 6.45) is 0.0984. The maximum atomic E-state index is 13.0. The number of morpholine rings is 1. The molecule has 0 bridgehead atoms. The molecule has 6 nitrogen and oxygen atoms in total. The van der Waals surface area contributed by atoms with Crippen LogP contribution in [-0.4, -0.2) is 45.7 Å². The summed E-state index contributed by atoms with van der Waals surface area (Å²) < 4.78 is 13.6. The fraction of sp³-hybridized carbons (Fsp3) is 0.364. The van der Waals surface area contributed by atoms with Crippen LogP contribution in [0.5, 0.6) is 5.75 Å². The Morgan fingerprint density at radius 1 is 1.07 bits per heavy atom. The van der Waals surface area contributed by atoms with Gasteiger partial charge in [-0.15, -0.1) is 0 Å². The Kier molecular flexibility index (Phi) is 5.30. The topological polar surface area (TPSA) is 56.6 Å². The lowest BCUT2D eigenvalue weighted by Crippen LogP contribution is -2.49. The Morgan fingerprint density at radius 2 is 1.75 bits per heavy atom. The van der Waals surface area contributed by atoms with Crippen LogP contribution in [0, 0.1) is 0 Å². The SMILES string of the molecule is CC1CN(C(=O)Cn2c(COc3ccccc3)nc3ccccc32)CC(C)O1. The summed E-state index contributed by atoms with van der Waals surface area (Å²) >= 11 is 0. The van der Waals surface area contributed by atoms with Gasteiger partial charge in [-0.05, 0) is 38.1 Å². The molecule has 2 heterocycles. The molecule has 0 N–H and O–H groups in total. The van der Waals surface area contributed by atoms with Crippen LogP contribution >= 0.6 is 0 Å². The van der Waals surface area contributed by atoms with E-state index in [1.165, 1.54) is 0 Å². The highest BCUT2D eigenvalue weighted by Gasteiger charge is 2.26. The highest BCUT2D eigenvalue weighted by molar-refractivity contribution is 5.81. The first-order valence-electron chi connectivity index (χ1n) is 9.65. The summed E-state index contributed by atoms with van der Waals surface area (Å²) in [5.41, 5.74) is 1.81. The summed E-state index contributed by atoms with van der Waals surface area (Å²) in [5.74, 6) is 1.60. The van der Waals surface area contributed by atoms with E-state index in [9.17, 15) is 4.79 Å². The second-order valence-corrected chi connectivity index (χ2v) is 7.26. The zero-order valence-electron chi connectivity index (χ0n) is 16.2. The molecule has 28 heavy (non-hydrogen) atoms. The van der Waals surface area contributed by atoms with Crippen molar-refractivity contribution in [2.75, 3.05) is 13.1 Å². The molecule has 1 aliphatic rings. The van der Waals surface area contributed by atoms with Gasteiger partial charge in [0.2, 0.25) is 5.91 Å². The number of para-hydroxylation sites is 3. The number of benzene rings is 2. The molecule has 4 rings (SSSR count). The predicted molar refractivity (Wildman–Crippen MR) is 107 cm³/mol. The van der Waals surface area contributed by atoms with Crippen LogP contribution < -0.4 is 4.74 Å². The maximum Gasteiger partial charge on any atom is 0.242 e. The average Bonchev–Trinajstić information content (AvgIpc) is 3.04. The van der Waals surface area contributed by atoms with E-state index in [0.717, 1.165) is 22.6 Å². The van der Waals surface area contributed by atoms with Crippen molar-refractivity contribution in [2.45, 2.75) is 39.2 Å². The van der Waals surface area contributed by atoms with Crippen molar-refractivity contribution < 1.29 is 14.3 Å². The molecule has 2 atom stereocenters. The molecule has 1 aliphatic heterocycles. The number of imidazole rings is 1. The minimum absolute atomic E-state index is 0.0492. The summed E-state index contributed by atoms with van der Waals surface area (Å²) in [5, 5.41) is 0. The molecule has 0 saturated carbocycles. The van der Waals surface area contributed by atoms with E-state index in [-0.39, 0.29) is 24.7 Å². The van der Waals surface area contributed by atoms with Gasteiger partial charge >= 0.3 is 0 Å². The van der Waals surface area contributed by atoms with Crippen LogP contribution in [0.2, 0.25) is 0 Å². The third-order valence-electron chi connectivity index (χ3n) is 4.91. The van der Waals surface area contributed by atoms with Gasteiger partial charge in [0.15, 0.2) is 0 Å². The number of nitrogens with zero attached hydrogens (tertiary/aromatic N) is 3. The molecule has 1 fully saturated rings. The number of aromatic nitrogens is 2. The molecular weight excluding hydrogens is 354 g/mol. The lowest BCUT2D eigenvalue weighted by atomic mass is 10.2. The third kappa shape index (κ3) is 4.02. The van der Waals surface area contributed by atoms with E-state index in [1.807, 2.05) is 77.9 Å². The Morgan fingerprint density at radius 3 is 2.50 bits per heavy atom. The van der Waals surface area contributed by atoms with E-state index in [4.69, 9.17) is 14.5 Å². The number of rotatable bonds is 5. The van der Waals surface area contributed by atoms with Gasteiger partial charge in [-0.2, -0.15) is 0 Å². The zero-order chi connectivity index (χ0) is 19.5. The minimum atomic E-state index is 0.0492. The van der Waals surface area contributed by atoms with Crippen molar-refractivity contribution in [1.82, 2.24) is 14.5 Å². The van der Waals surface area contributed by atoms with Gasteiger partial charge in [0, 0.05) is 13.1 Å². The number of fused-ring (bicyclic) bond motifs is 1. The quantitative estimate of drug-likeness (QED) is 0.683. The Bertz CT molecular complexity index is 944. The summed E-state index contributed by atoms with van der Waals surface area (Å²) in [7, 11) is 0. The Hall–Kier alpha value is -2.86. The second-order valence-electron chi connectivity index (χ2n) is 7.26. The molecule has 2 unspecified atom stereocenters. The van der Waals surface area contributed by atoms with Gasteiger partial charge in [-0.25, -0.2) is 4.98 Å². The molecule has 3 aromatic rings. The van der Waals surface area contributed by atoms with Crippen LogP contribution in [0.15, 0.2) is 54.6 Å². The maximum absolute atomic E-state index is 13.0. The van der Waals surface area contributed by atoms with Gasteiger partial charge in [-0.3, -0.25) is 4.79 Å². The van der Waals surface area contributed by atoms with E-state index in [0.29, 0.717) is 19.7 Å². The van der Waals surface area contributed by atoms with Crippen LogP contribution in [0.1, 0.15) is 19.7 Å². The van der Waals surface area contributed by atoms with Crippen molar-refractivity contribution in [3.05, 3.63) is 60.4 Å². The van der Waals surface area contributed by atoms with Crippen LogP contribution in [0.3, 0.4) is 0 Å². The number of hydrogen-bond donors (Lipinski definition) is 0. The van der Waals surface area contributed by atoms with E-state index >= 15 is 0 Å². The van der Waals surface area contributed by atoms with Gasteiger partial charge in [0.05, 0.1) is 23.2 Å². The first-order chi connectivity index (χ1) is 13.6. The molecule has 0 radical (unpaired) electrons. The zero-order valence-corrected chi connectivity index (χ0v) is 16.2. The van der Waals surface area contributed by atoms with Gasteiger partial charge in [-0.1, -0.05) is 30.3 Å². The smallest absolute Gasteiger partial charge is 0.242 e. The summed E-state index contributed by atoms with van der Waals surface area (Å²) in [6.45, 7) is 5.79. The van der Waals surface area contributed by atoms with Crippen molar-refractivity contribution >= 4 is 16.9 Å². The van der Waals surface area contributed by atoms with Crippen LogP contribution in [-0.2, 0) is 22.7 Å². The molecule has 0 spiro atoms. The van der Waals surface area contributed by atoms with Gasteiger partial charge in [0.1, 0.15) is 24.7 Å². The number of carbonyl (C=O) groups excluding carboxylic acids is 1. The largest absolute Gasteiger partial charge is 0.486 e. The van der Waals surface area contributed by atoms with Crippen LogP contribution in [0.4, 0.5) is 0 Å². The van der Waals surface area contributed by atoms with Crippen molar-refractivity contribution in [1.29, 1.82) is 0 Å². The standard InChI is InChI=1S/C22H25N3O3/c1-16-12-24(13-17(2)28-16)22(26)14-25-20-11-7-6-10-19(20)23-21(25)15-27-18-8-4-3-5-9-18/h3-11,16-17H,12-15H2,1-2H3. The van der Waals surface area contributed by atoms with Crippen molar-refractivity contribution in [3.63, 3.8) is 0 Å². The molecule has 1 amide bonds.